The van der Waals surface area contributed by atoms with Crippen LogP contribution in [0.4, 0.5) is 5.69 Å². The topological polar surface area (TPSA) is 79.5 Å². The van der Waals surface area contributed by atoms with Gasteiger partial charge in [0, 0.05) is 17.2 Å². The van der Waals surface area contributed by atoms with E-state index < -0.39 is 11.5 Å². The molecule has 5 heteroatoms. The van der Waals surface area contributed by atoms with Crippen molar-refractivity contribution < 1.29 is 14.3 Å². The first-order chi connectivity index (χ1) is 13.1. The Balaban J connectivity index is 1.65. The van der Waals surface area contributed by atoms with Crippen molar-refractivity contribution in [1.29, 1.82) is 0 Å². The van der Waals surface area contributed by atoms with Gasteiger partial charge >= 0.3 is 5.63 Å². The average molecular weight is 357 g/mol. The van der Waals surface area contributed by atoms with E-state index in [2.05, 4.69) is 5.32 Å². The standard InChI is InChI=1S/C22H15NO4/c24-18-13-19(15-7-2-1-3-8-15)27-22(26)20(18)23-21(25)17-11-10-14-6-4-5-9-16(14)12-17/h1-13,24H,(H,23,25). The summed E-state index contributed by atoms with van der Waals surface area (Å²) in [6, 6.07) is 23.1. The summed E-state index contributed by atoms with van der Waals surface area (Å²) in [7, 11) is 0. The second kappa shape index (κ2) is 6.80. The molecule has 0 aliphatic heterocycles. The summed E-state index contributed by atoms with van der Waals surface area (Å²) >= 11 is 0. The van der Waals surface area contributed by atoms with E-state index >= 15 is 0 Å². The van der Waals surface area contributed by atoms with Crippen molar-refractivity contribution in [2.24, 2.45) is 0 Å². The van der Waals surface area contributed by atoms with Gasteiger partial charge in [0.2, 0.25) is 0 Å². The van der Waals surface area contributed by atoms with E-state index in [4.69, 9.17) is 4.42 Å². The fraction of sp³-hybridized carbons (Fsp3) is 0. The maximum absolute atomic E-state index is 12.5. The van der Waals surface area contributed by atoms with Crippen molar-refractivity contribution >= 4 is 22.4 Å². The number of aromatic hydroxyl groups is 1. The van der Waals surface area contributed by atoms with Crippen LogP contribution in [0.3, 0.4) is 0 Å². The molecule has 4 rings (SSSR count). The Morgan fingerprint density at radius 2 is 1.56 bits per heavy atom. The number of nitrogens with one attached hydrogen (secondary N) is 1. The van der Waals surface area contributed by atoms with Gasteiger partial charge in [0.1, 0.15) is 11.5 Å². The highest BCUT2D eigenvalue weighted by Crippen LogP contribution is 2.27. The second-order valence-corrected chi connectivity index (χ2v) is 6.04. The molecular formula is C22H15NO4. The number of anilines is 1. The molecule has 4 aromatic rings. The molecule has 0 saturated carbocycles. The molecule has 2 N–H and O–H groups in total. The Labute approximate surface area is 154 Å². The van der Waals surface area contributed by atoms with Gasteiger partial charge in [0.15, 0.2) is 5.69 Å². The molecule has 0 spiro atoms. The Kier molecular flexibility index (Phi) is 4.18. The van der Waals surface area contributed by atoms with Gasteiger partial charge in [0.25, 0.3) is 5.91 Å². The molecule has 0 bridgehead atoms. The van der Waals surface area contributed by atoms with Crippen molar-refractivity contribution in [3.63, 3.8) is 0 Å². The zero-order valence-corrected chi connectivity index (χ0v) is 14.2. The van der Waals surface area contributed by atoms with Gasteiger partial charge in [-0.05, 0) is 22.9 Å². The van der Waals surface area contributed by atoms with E-state index in [1.165, 1.54) is 6.07 Å². The average Bonchev–Trinajstić information content (AvgIpc) is 2.70. The molecule has 0 radical (unpaired) electrons. The highest BCUT2D eigenvalue weighted by atomic mass is 16.4. The van der Waals surface area contributed by atoms with Crippen LogP contribution in [0, 0.1) is 0 Å². The van der Waals surface area contributed by atoms with Crippen LogP contribution in [0.1, 0.15) is 10.4 Å². The molecule has 0 aliphatic carbocycles. The molecule has 1 heterocycles. The van der Waals surface area contributed by atoms with Crippen LogP contribution in [0.25, 0.3) is 22.1 Å². The molecule has 0 unspecified atom stereocenters. The number of fused-ring (bicyclic) bond motifs is 1. The summed E-state index contributed by atoms with van der Waals surface area (Å²) in [4.78, 5) is 24.8. The largest absolute Gasteiger partial charge is 0.505 e. The molecular weight excluding hydrogens is 342 g/mol. The van der Waals surface area contributed by atoms with Crippen LogP contribution in [0.15, 0.2) is 88.1 Å². The number of rotatable bonds is 3. The van der Waals surface area contributed by atoms with Gasteiger partial charge in [-0.15, -0.1) is 0 Å². The lowest BCUT2D eigenvalue weighted by molar-refractivity contribution is 0.102. The Hall–Kier alpha value is -3.86. The first kappa shape index (κ1) is 16.6. The Bertz CT molecular complexity index is 1200. The van der Waals surface area contributed by atoms with Gasteiger partial charge in [-0.2, -0.15) is 0 Å². The zero-order valence-electron chi connectivity index (χ0n) is 14.2. The highest BCUT2D eigenvalue weighted by molar-refractivity contribution is 6.07. The third-order valence-corrected chi connectivity index (χ3v) is 4.24. The van der Waals surface area contributed by atoms with Crippen molar-refractivity contribution in [1.82, 2.24) is 0 Å². The summed E-state index contributed by atoms with van der Waals surface area (Å²) in [5, 5.41) is 14.6. The van der Waals surface area contributed by atoms with Crippen LogP contribution in [-0.4, -0.2) is 11.0 Å². The number of carbonyl (C=O) groups excluding carboxylic acids is 1. The van der Waals surface area contributed by atoms with E-state index in [1.807, 2.05) is 36.4 Å². The SMILES string of the molecule is O=C(Nc1c(O)cc(-c2ccccc2)oc1=O)c1ccc2ccccc2c1. The lowest BCUT2D eigenvalue weighted by Crippen LogP contribution is -2.18. The van der Waals surface area contributed by atoms with Gasteiger partial charge in [-0.3, -0.25) is 4.79 Å². The van der Waals surface area contributed by atoms with Gasteiger partial charge in [-0.1, -0.05) is 60.7 Å². The normalized spacial score (nSPS) is 10.7. The minimum atomic E-state index is -0.817. The number of carbonyl (C=O) groups is 1. The monoisotopic (exact) mass is 357 g/mol. The minimum absolute atomic E-state index is 0.224. The quantitative estimate of drug-likeness (QED) is 0.569. The predicted octanol–water partition coefficient (Wildman–Crippen LogP) is 4.42. The van der Waals surface area contributed by atoms with E-state index in [1.54, 1.807) is 36.4 Å². The van der Waals surface area contributed by atoms with Crippen molar-refractivity contribution in [3.8, 4) is 17.1 Å². The summed E-state index contributed by atoms with van der Waals surface area (Å²) in [6.07, 6.45) is 0. The van der Waals surface area contributed by atoms with Gasteiger partial charge in [-0.25, -0.2) is 4.79 Å². The summed E-state index contributed by atoms with van der Waals surface area (Å²) in [6.45, 7) is 0. The minimum Gasteiger partial charge on any atom is -0.505 e. The number of hydrogen-bond donors (Lipinski definition) is 2. The number of hydrogen-bond acceptors (Lipinski definition) is 4. The molecule has 27 heavy (non-hydrogen) atoms. The van der Waals surface area contributed by atoms with Crippen molar-refractivity contribution in [2.75, 3.05) is 5.32 Å². The lowest BCUT2D eigenvalue weighted by Gasteiger charge is -2.08. The van der Waals surface area contributed by atoms with Crippen LogP contribution >= 0.6 is 0 Å². The molecule has 0 fully saturated rings. The first-order valence-corrected chi connectivity index (χ1v) is 8.34. The van der Waals surface area contributed by atoms with Crippen LogP contribution in [0.2, 0.25) is 0 Å². The molecule has 5 nitrogen and oxygen atoms in total. The summed E-state index contributed by atoms with van der Waals surface area (Å²) in [5.74, 6) is -0.628. The summed E-state index contributed by atoms with van der Waals surface area (Å²) < 4.78 is 5.25. The molecule has 0 atom stereocenters. The molecule has 3 aromatic carbocycles. The molecule has 0 saturated heterocycles. The molecule has 1 aromatic heterocycles. The lowest BCUT2D eigenvalue weighted by atomic mass is 10.1. The van der Waals surface area contributed by atoms with Gasteiger partial charge in [0.05, 0.1) is 0 Å². The third-order valence-electron chi connectivity index (χ3n) is 4.24. The molecule has 0 aliphatic rings. The van der Waals surface area contributed by atoms with Crippen LogP contribution < -0.4 is 10.9 Å². The maximum atomic E-state index is 12.5. The van der Waals surface area contributed by atoms with E-state index in [9.17, 15) is 14.7 Å². The maximum Gasteiger partial charge on any atom is 0.364 e. The van der Waals surface area contributed by atoms with E-state index in [0.29, 0.717) is 11.1 Å². The van der Waals surface area contributed by atoms with Crippen molar-refractivity contribution in [2.45, 2.75) is 0 Å². The van der Waals surface area contributed by atoms with Gasteiger partial charge < -0.3 is 14.8 Å². The first-order valence-electron chi connectivity index (χ1n) is 8.34. The zero-order chi connectivity index (χ0) is 18.8. The van der Waals surface area contributed by atoms with E-state index in [0.717, 1.165) is 10.8 Å². The Morgan fingerprint density at radius 3 is 2.30 bits per heavy atom. The third kappa shape index (κ3) is 3.30. The molecule has 132 valence electrons. The number of benzene rings is 3. The van der Waals surface area contributed by atoms with Crippen LogP contribution in [-0.2, 0) is 0 Å². The second-order valence-electron chi connectivity index (χ2n) is 6.04. The molecule has 1 amide bonds. The number of amides is 1. The predicted molar refractivity (Wildman–Crippen MR) is 104 cm³/mol. The highest BCUT2D eigenvalue weighted by Gasteiger charge is 2.16. The van der Waals surface area contributed by atoms with Crippen LogP contribution in [0.5, 0.6) is 5.75 Å². The fourth-order valence-electron chi connectivity index (χ4n) is 2.86. The fourth-order valence-corrected chi connectivity index (χ4v) is 2.86. The van der Waals surface area contributed by atoms with Crippen molar-refractivity contribution in [3.05, 3.63) is 94.8 Å². The summed E-state index contributed by atoms with van der Waals surface area (Å²) in [5.41, 5.74) is -0.0761. The Morgan fingerprint density at radius 1 is 0.852 bits per heavy atom. The van der Waals surface area contributed by atoms with E-state index in [-0.39, 0.29) is 17.2 Å². The smallest absolute Gasteiger partial charge is 0.364 e.